The van der Waals surface area contributed by atoms with E-state index >= 15 is 0 Å². The van der Waals surface area contributed by atoms with Gasteiger partial charge in [0.05, 0.1) is 24.1 Å². The summed E-state index contributed by atoms with van der Waals surface area (Å²) in [6.45, 7) is 2.96. The number of fused-ring (bicyclic) bond motifs is 3. The maximum absolute atomic E-state index is 4.28. The first-order valence-corrected chi connectivity index (χ1v) is 8.86. The number of anilines is 2. The molecule has 0 atom stereocenters. The quantitative estimate of drug-likeness (QED) is 0.508. The lowest BCUT2D eigenvalue weighted by Crippen LogP contribution is -2.21. The Morgan fingerprint density at radius 3 is 2.54 bits per heavy atom. The van der Waals surface area contributed by atoms with E-state index in [1.54, 1.807) is 0 Å². The van der Waals surface area contributed by atoms with Gasteiger partial charge in [0.25, 0.3) is 0 Å². The summed E-state index contributed by atoms with van der Waals surface area (Å²) in [5.74, 6) is 0. The third kappa shape index (κ3) is 2.32. The standard InChI is InChI=1S/C23H19N3/c1-16-11-12-19(17-7-3-2-4-8-17)22(13-16)26-15-18-14-24-25-23(18)20-9-5-6-10-21(20)26/h2-14H,15H2,1H3,(H,24,25). The largest absolute Gasteiger partial charge is 0.336 e. The number of hydrogen-bond donors (Lipinski definition) is 1. The molecule has 3 nitrogen and oxygen atoms in total. The molecular weight excluding hydrogens is 318 g/mol. The van der Waals surface area contributed by atoms with Crippen LogP contribution < -0.4 is 4.90 Å². The first-order chi connectivity index (χ1) is 12.8. The van der Waals surface area contributed by atoms with Crippen molar-refractivity contribution >= 4 is 11.4 Å². The fourth-order valence-corrected chi connectivity index (χ4v) is 3.78. The zero-order chi connectivity index (χ0) is 17.5. The molecule has 1 aromatic heterocycles. The number of H-pyrrole nitrogens is 1. The van der Waals surface area contributed by atoms with Crippen LogP contribution in [0.5, 0.6) is 0 Å². The summed E-state index contributed by atoms with van der Waals surface area (Å²) < 4.78 is 0. The van der Waals surface area contributed by atoms with Crippen LogP contribution in [0.25, 0.3) is 22.4 Å². The minimum atomic E-state index is 0.812. The molecule has 3 heteroatoms. The summed E-state index contributed by atoms with van der Waals surface area (Å²) in [6, 6.07) is 25.8. The second-order valence-corrected chi connectivity index (χ2v) is 6.76. The molecule has 126 valence electrons. The van der Waals surface area contributed by atoms with Gasteiger partial charge in [0.1, 0.15) is 0 Å². The van der Waals surface area contributed by atoms with E-state index in [2.05, 4.69) is 94.8 Å². The van der Waals surface area contributed by atoms with E-state index in [9.17, 15) is 0 Å². The second-order valence-electron chi connectivity index (χ2n) is 6.76. The van der Waals surface area contributed by atoms with Gasteiger partial charge < -0.3 is 4.90 Å². The number of nitrogens with one attached hydrogen (secondary N) is 1. The van der Waals surface area contributed by atoms with Crippen LogP contribution in [0, 0.1) is 6.92 Å². The number of rotatable bonds is 2. The Kier molecular flexibility index (Phi) is 3.39. The van der Waals surface area contributed by atoms with Crippen molar-refractivity contribution in [3.8, 4) is 22.4 Å². The molecule has 2 heterocycles. The van der Waals surface area contributed by atoms with Crippen molar-refractivity contribution in [3.05, 3.63) is 90.1 Å². The van der Waals surface area contributed by atoms with Gasteiger partial charge in [-0.25, -0.2) is 0 Å². The van der Waals surface area contributed by atoms with Crippen LogP contribution in [0.3, 0.4) is 0 Å². The molecule has 0 unspecified atom stereocenters. The predicted octanol–water partition coefficient (Wildman–Crippen LogP) is 5.70. The van der Waals surface area contributed by atoms with Gasteiger partial charge >= 0.3 is 0 Å². The van der Waals surface area contributed by atoms with E-state index in [1.807, 2.05) is 6.20 Å². The zero-order valence-corrected chi connectivity index (χ0v) is 14.6. The van der Waals surface area contributed by atoms with Crippen LogP contribution >= 0.6 is 0 Å². The van der Waals surface area contributed by atoms with Crippen molar-refractivity contribution in [2.75, 3.05) is 4.90 Å². The highest BCUT2D eigenvalue weighted by atomic mass is 15.2. The lowest BCUT2D eigenvalue weighted by Gasteiger charge is -2.32. The summed E-state index contributed by atoms with van der Waals surface area (Å²) in [6.07, 6.45) is 1.94. The van der Waals surface area contributed by atoms with E-state index in [4.69, 9.17) is 0 Å². The van der Waals surface area contributed by atoms with Gasteiger partial charge in [0, 0.05) is 22.4 Å². The smallest absolute Gasteiger partial charge is 0.0721 e. The van der Waals surface area contributed by atoms with E-state index in [1.165, 1.54) is 39.2 Å². The van der Waals surface area contributed by atoms with E-state index in [0.29, 0.717) is 0 Å². The normalized spacial score (nSPS) is 12.6. The van der Waals surface area contributed by atoms with E-state index in [-0.39, 0.29) is 0 Å². The third-order valence-electron chi connectivity index (χ3n) is 5.04. The van der Waals surface area contributed by atoms with Crippen LogP contribution in [0.2, 0.25) is 0 Å². The molecule has 26 heavy (non-hydrogen) atoms. The minimum absolute atomic E-state index is 0.812. The van der Waals surface area contributed by atoms with Gasteiger partial charge in [-0.3, -0.25) is 5.10 Å². The monoisotopic (exact) mass is 337 g/mol. The Balaban J connectivity index is 1.73. The van der Waals surface area contributed by atoms with E-state index < -0.39 is 0 Å². The Bertz CT molecular complexity index is 1080. The molecule has 0 saturated heterocycles. The molecule has 4 aromatic rings. The molecular formula is C23H19N3. The molecule has 0 saturated carbocycles. The molecule has 1 aliphatic rings. The molecule has 0 radical (unpaired) electrons. The molecule has 0 amide bonds. The number of benzene rings is 3. The molecule has 3 aromatic carbocycles. The number of aromatic amines is 1. The lowest BCUT2D eigenvalue weighted by atomic mass is 9.96. The van der Waals surface area contributed by atoms with Gasteiger partial charge in [-0.05, 0) is 30.2 Å². The topological polar surface area (TPSA) is 31.9 Å². The molecule has 0 fully saturated rings. The number of aromatic nitrogens is 2. The van der Waals surface area contributed by atoms with Crippen LogP contribution in [0.15, 0.2) is 79.0 Å². The highest BCUT2D eigenvalue weighted by Crippen LogP contribution is 2.44. The second kappa shape index (κ2) is 5.88. The highest BCUT2D eigenvalue weighted by molar-refractivity contribution is 5.90. The van der Waals surface area contributed by atoms with Crippen molar-refractivity contribution in [1.82, 2.24) is 10.2 Å². The maximum atomic E-state index is 4.28. The molecule has 0 bridgehead atoms. The number of hydrogen-bond acceptors (Lipinski definition) is 2. The number of aryl methyl sites for hydroxylation is 1. The first-order valence-electron chi connectivity index (χ1n) is 8.86. The van der Waals surface area contributed by atoms with E-state index in [0.717, 1.165) is 12.2 Å². The molecule has 0 spiro atoms. The van der Waals surface area contributed by atoms with Gasteiger partial charge in [-0.2, -0.15) is 5.10 Å². The lowest BCUT2D eigenvalue weighted by molar-refractivity contribution is 0.961. The Hall–Kier alpha value is -3.33. The van der Waals surface area contributed by atoms with Gasteiger partial charge in [-0.1, -0.05) is 60.7 Å². The number of para-hydroxylation sites is 1. The van der Waals surface area contributed by atoms with Crippen LogP contribution in [-0.2, 0) is 6.54 Å². The SMILES string of the molecule is Cc1ccc(-c2ccccc2)c(N2Cc3cn[nH]c3-c3ccccc32)c1. The Morgan fingerprint density at radius 2 is 1.65 bits per heavy atom. The summed E-state index contributed by atoms with van der Waals surface area (Å²) >= 11 is 0. The molecule has 0 aliphatic carbocycles. The van der Waals surface area contributed by atoms with Crippen molar-refractivity contribution in [3.63, 3.8) is 0 Å². The van der Waals surface area contributed by atoms with Crippen LogP contribution in [0.1, 0.15) is 11.1 Å². The zero-order valence-electron chi connectivity index (χ0n) is 14.6. The van der Waals surface area contributed by atoms with Crippen molar-refractivity contribution in [2.24, 2.45) is 0 Å². The summed E-state index contributed by atoms with van der Waals surface area (Å²) in [4.78, 5) is 2.41. The van der Waals surface area contributed by atoms with Crippen LogP contribution in [0.4, 0.5) is 11.4 Å². The van der Waals surface area contributed by atoms with Gasteiger partial charge in [0.15, 0.2) is 0 Å². The fourth-order valence-electron chi connectivity index (χ4n) is 3.78. The van der Waals surface area contributed by atoms with Crippen LogP contribution in [-0.4, -0.2) is 10.2 Å². The summed E-state index contributed by atoms with van der Waals surface area (Å²) in [5.41, 5.74) is 9.75. The summed E-state index contributed by atoms with van der Waals surface area (Å²) in [7, 11) is 0. The van der Waals surface area contributed by atoms with Gasteiger partial charge in [-0.15, -0.1) is 0 Å². The Labute approximate surface area is 152 Å². The third-order valence-corrected chi connectivity index (χ3v) is 5.04. The van der Waals surface area contributed by atoms with Crippen molar-refractivity contribution in [2.45, 2.75) is 13.5 Å². The maximum Gasteiger partial charge on any atom is 0.0721 e. The highest BCUT2D eigenvalue weighted by Gasteiger charge is 2.26. The average Bonchev–Trinajstić information content (AvgIpc) is 3.17. The average molecular weight is 337 g/mol. The minimum Gasteiger partial charge on any atom is -0.336 e. The number of nitrogens with zero attached hydrogens (tertiary/aromatic N) is 2. The Morgan fingerprint density at radius 1 is 0.846 bits per heavy atom. The van der Waals surface area contributed by atoms with Crippen molar-refractivity contribution in [1.29, 1.82) is 0 Å². The first kappa shape index (κ1) is 15.0. The van der Waals surface area contributed by atoms with Crippen molar-refractivity contribution < 1.29 is 0 Å². The predicted molar refractivity (Wildman–Crippen MR) is 106 cm³/mol. The molecule has 5 rings (SSSR count). The molecule has 1 N–H and O–H groups in total. The molecule has 1 aliphatic heterocycles. The summed E-state index contributed by atoms with van der Waals surface area (Å²) in [5, 5.41) is 7.44. The fraction of sp³-hybridized carbons (Fsp3) is 0.0870. The van der Waals surface area contributed by atoms with Gasteiger partial charge in [0.2, 0.25) is 0 Å².